The summed E-state index contributed by atoms with van der Waals surface area (Å²) in [5, 5.41) is 3.57. The summed E-state index contributed by atoms with van der Waals surface area (Å²) in [6.07, 6.45) is 0.507. The van der Waals surface area contributed by atoms with E-state index in [1.54, 1.807) is 17.0 Å². The topological polar surface area (TPSA) is 58.6 Å². The predicted molar refractivity (Wildman–Crippen MR) is 129 cm³/mol. The van der Waals surface area contributed by atoms with Crippen molar-refractivity contribution < 1.29 is 14.3 Å². The van der Waals surface area contributed by atoms with Gasteiger partial charge in [-0.25, -0.2) is 0 Å². The fraction of sp³-hybridized carbons (Fsp3) is 0.391. The molecule has 2 aromatic carbocycles. The largest absolute Gasteiger partial charge is 0.484 e. The molecule has 0 aliphatic rings. The van der Waals surface area contributed by atoms with E-state index in [4.69, 9.17) is 16.3 Å². The van der Waals surface area contributed by atoms with Gasteiger partial charge in [-0.15, -0.1) is 0 Å². The van der Waals surface area contributed by atoms with Gasteiger partial charge in [0.15, 0.2) is 6.61 Å². The molecule has 5 nitrogen and oxygen atoms in total. The van der Waals surface area contributed by atoms with Crippen molar-refractivity contribution in [3.63, 3.8) is 0 Å². The number of rotatable bonds is 10. The minimum absolute atomic E-state index is 0.137. The van der Waals surface area contributed by atoms with Crippen molar-refractivity contribution in [3.8, 4) is 5.75 Å². The Hall–Kier alpha value is -1.80. The normalized spacial score (nSPS) is 11.8. The van der Waals surface area contributed by atoms with Crippen LogP contribution in [0.5, 0.6) is 5.75 Å². The number of nitrogens with one attached hydrogen (secondary N) is 1. The fourth-order valence-corrected chi connectivity index (χ4v) is 3.37. The second-order valence-electron chi connectivity index (χ2n) is 7.45. The lowest BCUT2D eigenvalue weighted by Crippen LogP contribution is -2.50. The Bertz CT molecular complexity index is 825. The minimum atomic E-state index is -0.577. The first-order valence-corrected chi connectivity index (χ1v) is 11.5. The number of amides is 2. The molecule has 0 fully saturated rings. The highest BCUT2D eigenvalue weighted by atomic mass is 127. The fourth-order valence-electron chi connectivity index (χ4n) is 2.89. The molecule has 30 heavy (non-hydrogen) atoms. The number of ether oxygens (including phenoxy) is 1. The molecule has 0 saturated carbocycles. The van der Waals surface area contributed by atoms with Crippen molar-refractivity contribution in [2.45, 2.75) is 39.8 Å². The molecule has 0 saturated heterocycles. The Morgan fingerprint density at radius 1 is 1.10 bits per heavy atom. The Morgan fingerprint density at radius 3 is 2.30 bits per heavy atom. The highest BCUT2D eigenvalue weighted by Crippen LogP contribution is 2.17. The van der Waals surface area contributed by atoms with Gasteiger partial charge in [0.1, 0.15) is 11.8 Å². The monoisotopic (exact) mass is 542 g/mol. The summed E-state index contributed by atoms with van der Waals surface area (Å²) in [7, 11) is 0. The molecular formula is C23H28ClIN2O3. The second-order valence-corrected chi connectivity index (χ2v) is 9.14. The average molecular weight is 543 g/mol. The van der Waals surface area contributed by atoms with Gasteiger partial charge in [-0.1, -0.05) is 44.5 Å². The van der Waals surface area contributed by atoms with Crippen molar-refractivity contribution in [2.24, 2.45) is 5.92 Å². The van der Waals surface area contributed by atoms with E-state index < -0.39 is 6.04 Å². The molecule has 162 valence electrons. The SMILES string of the molecule is CC[C@@H](C(=O)NCC(C)C)N(Cc1ccc(Cl)cc1)C(=O)COc1ccc(I)cc1. The Morgan fingerprint density at radius 2 is 1.73 bits per heavy atom. The molecule has 0 aliphatic heterocycles. The van der Waals surface area contributed by atoms with Crippen LogP contribution in [-0.2, 0) is 16.1 Å². The van der Waals surface area contributed by atoms with E-state index in [2.05, 4.69) is 27.9 Å². The van der Waals surface area contributed by atoms with Crippen molar-refractivity contribution in [3.05, 3.63) is 62.7 Å². The summed E-state index contributed by atoms with van der Waals surface area (Å²) in [4.78, 5) is 27.5. The van der Waals surface area contributed by atoms with Crippen LogP contribution >= 0.6 is 34.2 Å². The van der Waals surface area contributed by atoms with Crippen molar-refractivity contribution in [2.75, 3.05) is 13.2 Å². The van der Waals surface area contributed by atoms with Gasteiger partial charge in [0.2, 0.25) is 5.91 Å². The third-order valence-electron chi connectivity index (χ3n) is 4.51. The van der Waals surface area contributed by atoms with Gasteiger partial charge in [0.05, 0.1) is 0 Å². The van der Waals surface area contributed by atoms with Crippen LogP contribution in [0.15, 0.2) is 48.5 Å². The first-order chi connectivity index (χ1) is 14.3. The number of benzene rings is 2. The lowest BCUT2D eigenvalue weighted by molar-refractivity contribution is -0.143. The molecule has 0 aromatic heterocycles. The molecule has 0 aliphatic carbocycles. The predicted octanol–water partition coefficient (Wildman–Crippen LogP) is 4.90. The smallest absolute Gasteiger partial charge is 0.261 e. The van der Waals surface area contributed by atoms with Gasteiger partial charge in [0.25, 0.3) is 5.91 Å². The van der Waals surface area contributed by atoms with Crippen molar-refractivity contribution >= 4 is 46.0 Å². The van der Waals surface area contributed by atoms with Crippen LogP contribution in [0.1, 0.15) is 32.8 Å². The van der Waals surface area contributed by atoms with E-state index in [9.17, 15) is 9.59 Å². The molecule has 1 N–H and O–H groups in total. The average Bonchev–Trinajstić information content (AvgIpc) is 2.72. The molecule has 0 bridgehead atoms. The molecule has 7 heteroatoms. The molecule has 2 amide bonds. The van der Waals surface area contributed by atoms with E-state index in [0.717, 1.165) is 9.13 Å². The highest BCUT2D eigenvalue weighted by Gasteiger charge is 2.29. The lowest BCUT2D eigenvalue weighted by Gasteiger charge is -2.30. The van der Waals surface area contributed by atoms with Crippen LogP contribution in [0.4, 0.5) is 0 Å². The van der Waals surface area contributed by atoms with Gasteiger partial charge in [-0.3, -0.25) is 9.59 Å². The summed E-state index contributed by atoms with van der Waals surface area (Å²) in [6.45, 7) is 6.71. The van der Waals surface area contributed by atoms with Gasteiger partial charge >= 0.3 is 0 Å². The minimum Gasteiger partial charge on any atom is -0.484 e. The third kappa shape index (κ3) is 7.80. The van der Waals surface area contributed by atoms with Crippen LogP contribution in [0.2, 0.25) is 5.02 Å². The second kappa shape index (κ2) is 12.2. The molecule has 0 unspecified atom stereocenters. The quantitative estimate of drug-likeness (QED) is 0.435. The van der Waals surface area contributed by atoms with Crippen LogP contribution in [0, 0.1) is 9.49 Å². The maximum absolute atomic E-state index is 13.1. The van der Waals surface area contributed by atoms with E-state index in [0.29, 0.717) is 36.2 Å². The summed E-state index contributed by atoms with van der Waals surface area (Å²) in [5.74, 6) is 0.557. The third-order valence-corrected chi connectivity index (χ3v) is 5.48. The summed E-state index contributed by atoms with van der Waals surface area (Å²) in [5.41, 5.74) is 0.900. The standard InChI is InChI=1S/C23H28ClIN2O3/c1-4-21(23(29)26-13-16(2)3)27(14-17-5-7-18(24)8-6-17)22(28)15-30-20-11-9-19(25)10-12-20/h5-12,16,21H,4,13-15H2,1-3H3,(H,26,29)/t21-/m0/s1. The number of hydrogen-bond acceptors (Lipinski definition) is 3. The van der Waals surface area contributed by atoms with Gasteiger partial charge < -0.3 is 15.0 Å². The van der Waals surface area contributed by atoms with Gasteiger partial charge in [-0.05, 0) is 76.9 Å². The van der Waals surface area contributed by atoms with E-state index >= 15 is 0 Å². The van der Waals surface area contributed by atoms with E-state index in [1.807, 2.05) is 57.2 Å². The van der Waals surface area contributed by atoms with E-state index in [-0.39, 0.29) is 18.4 Å². The Labute approximate surface area is 197 Å². The zero-order chi connectivity index (χ0) is 22.1. The number of hydrogen-bond donors (Lipinski definition) is 1. The molecule has 1 atom stereocenters. The number of carbonyl (C=O) groups is 2. The maximum atomic E-state index is 13.1. The summed E-state index contributed by atoms with van der Waals surface area (Å²) in [6, 6.07) is 14.2. The zero-order valence-corrected chi connectivity index (χ0v) is 20.4. The molecular weight excluding hydrogens is 515 g/mol. The van der Waals surface area contributed by atoms with Crippen LogP contribution in [0.3, 0.4) is 0 Å². The summed E-state index contributed by atoms with van der Waals surface area (Å²) < 4.78 is 6.77. The molecule has 0 heterocycles. The van der Waals surface area contributed by atoms with Crippen molar-refractivity contribution in [1.29, 1.82) is 0 Å². The maximum Gasteiger partial charge on any atom is 0.261 e. The molecule has 2 aromatic rings. The van der Waals surface area contributed by atoms with Crippen LogP contribution in [-0.4, -0.2) is 35.9 Å². The molecule has 2 rings (SSSR count). The van der Waals surface area contributed by atoms with Crippen molar-refractivity contribution in [1.82, 2.24) is 10.2 Å². The first kappa shape index (κ1) is 24.5. The van der Waals surface area contributed by atoms with E-state index in [1.165, 1.54) is 0 Å². The van der Waals surface area contributed by atoms with Crippen LogP contribution in [0.25, 0.3) is 0 Å². The molecule has 0 radical (unpaired) electrons. The van der Waals surface area contributed by atoms with Crippen LogP contribution < -0.4 is 10.1 Å². The molecule has 0 spiro atoms. The Balaban J connectivity index is 2.17. The van der Waals surface area contributed by atoms with Gasteiger partial charge in [0, 0.05) is 21.7 Å². The highest BCUT2D eigenvalue weighted by molar-refractivity contribution is 14.1. The first-order valence-electron chi connectivity index (χ1n) is 10.00. The zero-order valence-electron chi connectivity index (χ0n) is 17.5. The Kier molecular flexibility index (Phi) is 9.91. The van der Waals surface area contributed by atoms with Gasteiger partial charge in [-0.2, -0.15) is 0 Å². The number of nitrogens with zero attached hydrogens (tertiary/aromatic N) is 1. The lowest BCUT2D eigenvalue weighted by atomic mass is 10.1. The summed E-state index contributed by atoms with van der Waals surface area (Å²) >= 11 is 8.20. The number of carbonyl (C=O) groups excluding carboxylic acids is 2. The number of halogens is 2.